The van der Waals surface area contributed by atoms with E-state index in [1.165, 1.54) is 0 Å². The summed E-state index contributed by atoms with van der Waals surface area (Å²) in [5, 5.41) is 9.71. The molecular weight excluding hydrogens is 330 g/mol. The lowest BCUT2D eigenvalue weighted by Crippen LogP contribution is -2.16. The molecule has 1 aliphatic heterocycles. The lowest BCUT2D eigenvalue weighted by Gasteiger charge is -2.23. The van der Waals surface area contributed by atoms with E-state index >= 15 is 0 Å². The highest BCUT2D eigenvalue weighted by molar-refractivity contribution is 5.84. The molecule has 3 rings (SSSR count). The Balaban J connectivity index is 2.31. The van der Waals surface area contributed by atoms with Crippen molar-refractivity contribution in [1.82, 2.24) is 4.98 Å². The molecule has 6 nitrogen and oxygen atoms in total. The van der Waals surface area contributed by atoms with Crippen LogP contribution in [0.4, 0.5) is 5.82 Å². The number of ether oxygens (including phenoxy) is 3. The summed E-state index contributed by atoms with van der Waals surface area (Å²) in [5.74, 6) is 1.72. The maximum atomic E-state index is 9.71. The van der Waals surface area contributed by atoms with Crippen LogP contribution < -0.4 is 15.2 Å². The summed E-state index contributed by atoms with van der Waals surface area (Å²) in [6.07, 6.45) is 0.679. The molecule has 0 saturated carbocycles. The molecular formula is C20H23N3O3. The first-order valence-electron chi connectivity index (χ1n) is 8.80. The highest BCUT2D eigenvalue weighted by atomic mass is 16.5. The third kappa shape index (κ3) is 3.06. The Morgan fingerprint density at radius 2 is 2.04 bits per heavy atom. The number of pyridine rings is 1. The van der Waals surface area contributed by atoms with Gasteiger partial charge >= 0.3 is 0 Å². The van der Waals surface area contributed by atoms with Crippen molar-refractivity contribution in [3.05, 3.63) is 34.5 Å². The average Bonchev–Trinajstić information content (AvgIpc) is 2.64. The first-order chi connectivity index (χ1) is 12.6. The Kier molecular flexibility index (Phi) is 5.29. The molecule has 1 aromatic carbocycles. The Morgan fingerprint density at radius 1 is 1.27 bits per heavy atom. The first-order valence-corrected chi connectivity index (χ1v) is 8.80. The predicted octanol–water partition coefficient (Wildman–Crippen LogP) is 3.38. The van der Waals surface area contributed by atoms with Crippen LogP contribution in [0.5, 0.6) is 11.5 Å². The molecule has 6 heteroatoms. The second-order valence-corrected chi connectivity index (χ2v) is 6.02. The van der Waals surface area contributed by atoms with Crippen molar-refractivity contribution in [1.29, 1.82) is 5.26 Å². The predicted molar refractivity (Wildman–Crippen MR) is 99.2 cm³/mol. The second kappa shape index (κ2) is 7.63. The normalized spacial score (nSPS) is 13.0. The Morgan fingerprint density at radius 3 is 2.73 bits per heavy atom. The van der Waals surface area contributed by atoms with Crippen molar-refractivity contribution in [2.24, 2.45) is 0 Å². The van der Waals surface area contributed by atoms with Crippen LogP contribution in [0.25, 0.3) is 11.1 Å². The molecule has 2 aromatic rings. The van der Waals surface area contributed by atoms with E-state index in [-0.39, 0.29) is 5.82 Å². The molecule has 0 unspecified atom stereocenters. The number of anilines is 1. The molecule has 1 aromatic heterocycles. The lowest BCUT2D eigenvalue weighted by atomic mass is 9.91. The average molecular weight is 353 g/mol. The van der Waals surface area contributed by atoms with Crippen molar-refractivity contribution in [2.75, 3.05) is 25.6 Å². The van der Waals surface area contributed by atoms with E-state index in [9.17, 15) is 5.26 Å². The summed E-state index contributed by atoms with van der Waals surface area (Å²) < 4.78 is 17.3. The van der Waals surface area contributed by atoms with Crippen molar-refractivity contribution < 1.29 is 14.2 Å². The topological polar surface area (TPSA) is 90.4 Å². The van der Waals surface area contributed by atoms with Crippen molar-refractivity contribution in [2.45, 2.75) is 33.8 Å². The number of nitriles is 1. The van der Waals surface area contributed by atoms with Crippen LogP contribution in [0, 0.1) is 18.3 Å². The third-order valence-electron chi connectivity index (χ3n) is 4.47. The van der Waals surface area contributed by atoms with Gasteiger partial charge < -0.3 is 19.9 Å². The van der Waals surface area contributed by atoms with Gasteiger partial charge in [0.2, 0.25) is 0 Å². The van der Waals surface area contributed by atoms with Gasteiger partial charge in [-0.25, -0.2) is 4.98 Å². The fourth-order valence-corrected chi connectivity index (χ4v) is 3.32. The van der Waals surface area contributed by atoms with E-state index in [0.717, 1.165) is 33.7 Å². The largest absolute Gasteiger partial charge is 0.493 e. The Hall–Kier alpha value is -2.78. The fourth-order valence-electron chi connectivity index (χ4n) is 3.32. The van der Waals surface area contributed by atoms with Crippen LogP contribution in [-0.4, -0.2) is 24.8 Å². The van der Waals surface area contributed by atoms with Crippen LogP contribution in [0.2, 0.25) is 0 Å². The quantitative estimate of drug-likeness (QED) is 0.886. The number of rotatable bonds is 5. The van der Waals surface area contributed by atoms with Crippen LogP contribution in [0.3, 0.4) is 0 Å². The molecule has 0 spiro atoms. The summed E-state index contributed by atoms with van der Waals surface area (Å²) in [5.41, 5.74) is 10.7. The summed E-state index contributed by atoms with van der Waals surface area (Å²) in [6.45, 7) is 7.92. The van der Waals surface area contributed by atoms with Gasteiger partial charge in [0.1, 0.15) is 28.9 Å². The fraction of sp³-hybridized carbons (Fsp3) is 0.400. The maximum Gasteiger partial charge on any atom is 0.142 e. The number of fused-ring (bicyclic) bond motifs is 1. The highest BCUT2D eigenvalue weighted by Gasteiger charge is 2.25. The maximum absolute atomic E-state index is 9.71. The van der Waals surface area contributed by atoms with E-state index in [1.54, 1.807) is 0 Å². The molecule has 0 fully saturated rings. The molecule has 0 amide bonds. The molecule has 0 radical (unpaired) electrons. The number of hydrogen-bond donors (Lipinski definition) is 1. The molecule has 0 aliphatic carbocycles. The zero-order valence-electron chi connectivity index (χ0n) is 15.4. The number of aromatic nitrogens is 1. The number of benzene rings is 1. The van der Waals surface area contributed by atoms with E-state index < -0.39 is 0 Å². The van der Waals surface area contributed by atoms with Gasteiger partial charge in [-0.3, -0.25) is 0 Å². The molecule has 1 aliphatic rings. The van der Waals surface area contributed by atoms with E-state index in [4.69, 9.17) is 19.9 Å². The SMILES string of the molecule is CCOc1ccc(-c2c(C#N)c(N)nc3c2COCC3)c(OCC)c1C. The number of nitrogens with two attached hydrogens (primary N) is 1. The number of nitrogen functional groups attached to an aromatic ring is 1. The zero-order chi connectivity index (χ0) is 18.7. The van der Waals surface area contributed by atoms with Gasteiger partial charge in [-0.15, -0.1) is 0 Å². The Labute approximate surface area is 153 Å². The summed E-state index contributed by atoms with van der Waals surface area (Å²) in [7, 11) is 0. The van der Waals surface area contributed by atoms with Gasteiger partial charge in [-0.2, -0.15) is 5.26 Å². The van der Waals surface area contributed by atoms with Crippen LogP contribution in [0.1, 0.15) is 36.2 Å². The van der Waals surface area contributed by atoms with Crippen LogP contribution >= 0.6 is 0 Å². The molecule has 0 bridgehead atoms. The second-order valence-electron chi connectivity index (χ2n) is 6.02. The van der Waals surface area contributed by atoms with Crippen LogP contribution in [-0.2, 0) is 17.8 Å². The van der Waals surface area contributed by atoms with E-state index in [2.05, 4.69) is 11.1 Å². The standard InChI is InChI=1S/C20H23N3O3/c1-4-25-17-7-6-13(19(12(17)3)26-5-2)18-14(10-21)20(22)23-16-8-9-24-11-15(16)18/h6-7H,4-5,8-9,11H2,1-3H3,(H2,22,23). The minimum atomic E-state index is 0.247. The zero-order valence-corrected chi connectivity index (χ0v) is 15.4. The molecule has 0 saturated heterocycles. The van der Waals surface area contributed by atoms with Crippen molar-refractivity contribution in [3.8, 4) is 28.7 Å². The van der Waals surface area contributed by atoms with Crippen molar-refractivity contribution in [3.63, 3.8) is 0 Å². The van der Waals surface area contributed by atoms with Gasteiger partial charge in [0.05, 0.1) is 32.1 Å². The molecule has 136 valence electrons. The Bertz CT molecular complexity index is 872. The molecule has 26 heavy (non-hydrogen) atoms. The smallest absolute Gasteiger partial charge is 0.142 e. The molecule has 2 heterocycles. The summed E-state index contributed by atoms with van der Waals surface area (Å²) in [4.78, 5) is 4.43. The summed E-state index contributed by atoms with van der Waals surface area (Å²) >= 11 is 0. The van der Waals surface area contributed by atoms with Gasteiger partial charge in [-0.05, 0) is 32.9 Å². The van der Waals surface area contributed by atoms with Crippen molar-refractivity contribution >= 4 is 5.82 Å². The minimum absolute atomic E-state index is 0.247. The van der Waals surface area contributed by atoms with Gasteiger partial charge in [0.25, 0.3) is 0 Å². The summed E-state index contributed by atoms with van der Waals surface area (Å²) in [6, 6.07) is 6.04. The first kappa shape index (κ1) is 18.0. The van der Waals surface area contributed by atoms with Gasteiger partial charge in [0, 0.05) is 28.7 Å². The van der Waals surface area contributed by atoms with E-state index in [0.29, 0.717) is 44.2 Å². The molecule has 0 atom stereocenters. The lowest BCUT2D eigenvalue weighted by molar-refractivity contribution is 0.109. The molecule has 2 N–H and O–H groups in total. The third-order valence-corrected chi connectivity index (χ3v) is 4.47. The van der Waals surface area contributed by atoms with Crippen LogP contribution in [0.15, 0.2) is 12.1 Å². The minimum Gasteiger partial charge on any atom is -0.493 e. The monoisotopic (exact) mass is 353 g/mol. The number of nitrogens with zero attached hydrogens (tertiary/aromatic N) is 2. The number of hydrogen-bond acceptors (Lipinski definition) is 6. The highest BCUT2D eigenvalue weighted by Crippen LogP contribution is 2.43. The van der Waals surface area contributed by atoms with Gasteiger partial charge in [0.15, 0.2) is 0 Å². The van der Waals surface area contributed by atoms with Gasteiger partial charge in [-0.1, -0.05) is 0 Å². The van der Waals surface area contributed by atoms with E-state index in [1.807, 2.05) is 32.9 Å².